The lowest BCUT2D eigenvalue weighted by Crippen LogP contribution is -2.34. The highest BCUT2D eigenvalue weighted by Gasteiger charge is 2.14. The standard InChI is InChI=1S/C14H20N2O2S/c1-11(14(18)15-2)9-16(3)10-13-12(5-4-7-17)6-8-19-13/h6,8,11,17H,7,9-10H2,1-3H3,(H,15,18). The van der Waals surface area contributed by atoms with Crippen molar-refractivity contribution in [1.29, 1.82) is 0 Å². The van der Waals surface area contributed by atoms with Gasteiger partial charge in [0.05, 0.1) is 0 Å². The van der Waals surface area contributed by atoms with E-state index in [2.05, 4.69) is 22.1 Å². The van der Waals surface area contributed by atoms with Gasteiger partial charge >= 0.3 is 0 Å². The number of carbonyl (C=O) groups is 1. The molecule has 0 bridgehead atoms. The Balaban J connectivity index is 2.59. The molecule has 2 N–H and O–H groups in total. The molecule has 0 saturated carbocycles. The Kier molecular flexibility index (Phi) is 6.57. The number of nitrogens with one attached hydrogen (secondary N) is 1. The van der Waals surface area contributed by atoms with E-state index in [-0.39, 0.29) is 18.4 Å². The molecule has 1 heterocycles. The van der Waals surface area contributed by atoms with Gasteiger partial charge in [-0.2, -0.15) is 0 Å². The molecule has 0 spiro atoms. The minimum atomic E-state index is -0.126. The third-order valence-electron chi connectivity index (χ3n) is 2.74. The number of carbonyl (C=O) groups excluding carboxylic acids is 1. The molecule has 1 unspecified atom stereocenters. The second kappa shape index (κ2) is 7.95. The molecule has 0 aliphatic carbocycles. The topological polar surface area (TPSA) is 52.6 Å². The molecule has 0 aromatic carbocycles. The van der Waals surface area contributed by atoms with Gasteiger partial charge < -0.3 is 15.3 Å². The second-order valence-electron chi connectivity index (χ2n) is 4.43. The Morgan fingerprint density at radius 2 is 2.37 bits per heavy atom. The first-order chi connectivity index (χ1) is 9.08. The van der Waals surface area contributed by atoms with Gasteiger partial charge in [0.1, 0.15) is 6.61 Å². The fourth-order valence-corrected chi connectivity index (χ4v) is 2.73. The van der Waals surface area contributed by atoms with Gasteiger partial charge in [-0.15, -0.1) is 11.3 Å². The van der Waals surface area contributed by atoms with Crippen LogP contribution < -0.4 is 5.32 Å². The molecule has 0 aliphatic rings. The largest absolute Gasteiger partial charge is 0.384 e. The summed E-state index contributed by atoms with van der Waals surface area (Å²) in [6.07, 6.45) is 0. The van der Waals surface area contributed by atoms with E-state index < -0.39 is 0 Å². The van der Waals surface area contributed by atoms with E-state index >= 15 is 0 Å². The SMILES string of the molecule is CNC(=O)C(C)CN(C)Cc1sccc1C#CCO. The summed E-state index contributed by atoms with van der Waals surface area (Å²) >= 11 is 1.64. The quantitative estimate of drug-likeness (QED) is 0.788. The van der Waals surface area contributed by atoms with Gasteiger partial charge in [0, 0.05) is 36.5 Å². The molecule has 0 radical (unpaired) electrons. The molecular formula is C14H20N2O2S. The first-order valence-corrected chi connectivity index (χ1v) is 7.02. The maximum atomic E-state index is 11.5. The van der Waals surface area contributed by atoms with Gasteiger partial charge in [0.25, 0.3) is 0 Å². The van der Waals surface area contributed by atoms with Crippen LogP contribution in [-0.2, 0) is 11.3 Å². The van der Waals surface area contributed by atoms with Crippen LogP contribution in [-0.4, -0.2) is 43.2 Å². The van der Waals surface area contributed by atoms with Crippen molar-refractivity contribution in [3.05, 3.63) is 21.9 Å². The van der Waals surface area contributed by atoms with Crippen molar-refractivity contribution in [1.82, 2.24) is 10.2 Å². The maximum absolute atomic E-state index is 11.5. The summed E-state index contributed by atoms with van der Waals surface area (Å²) < 4.78 is 0. The fourth-order valence-electron chi connectivity index (χ4n) is 1.82. The minimum absolute atomic E-state index is 0.0399. The zero-order valence-corrected chi connectivity index (χ0v) is 12.4. The summed E-state index contributed by atoms with van der Waals surface area (Å²) in [7, 11) is 3.64. The number of rotatable bonds is 5. The Bertz CT molecular complexity index is 473. The Labute approximate surface area is 118 Å². The summed E-state index contributed by atoms with van der Waals surface area (Å²) in [5.41, 5.74) is 0.957. The van der Waals surface area contributed by atoms with Gasteiger partial charge in [-0.1, -0.05) is 18.8 Å². The summed E-state index contributed by atoms with van der Waals surface area (Å²) in [6, 6.07) is 1.96. The predicted octanol–water partition coefficient (Wildman–Crippen LogP) is 0.906. The fraction of sp³-hybridized carbons (Fsp3) is 0.500. The van der Waals surface area contributed by atoms with Crippen molar-refractivity contribution in [2.24, 2.45) is 5.92 Å². The van der Waals surface area contributed by atoms with Crippen molar-refractivity contribution in [3.8, 4) is 11.8 Å². The molecule has 1 aromatic rings. The Morgan fingerprint density at radius 3 is 3.00 bits per heavy atom. The lowest BCUT2D eigenvalue weighted by Gasteiger charge is -2.19. The van der Waals surface area contributed by atoms with E-state index in [1.54, 1.807) is 18.4 Å². The number of hydrogen-bond donors (Lipinski definition) is 2. The van der Waals surface area contributed by atoms with E-state index in [1.807, 2.05) is 25.4 Å². The van der Waals surface area contributed by atoms with Gasteiger partial charge in [-0.3, -0.25) is 4.79 Å². The third kappa shape index (κ3) is 5.03. The lowest BCUT2D eigenvalue weighted by molar-refractivity contribution is -0.124. The first kappa shape index (κ1) is 15.7. The highest BCUT2D eigenvalue weighted by Crippen LogP contribution is 2.18. The molecule has 1 amide bonds. The molecule has 0 aliphatic heterocycles. The lowest BCUT2D eigenvalue weighted by atomic mass is 10.1. The number of nitrogens with zero attached hydrogens (tertiary/aromatic N) is 1. The molecule has 4 nitrogen and oxygen atoms in total. The van der Waals surface area contributed by atoms with Crippen LogP contribution in [0.5, 0.6) is 0 Å². The maximum Gasteiger partial charge on any atom is 0.223 e. The number of aliphatic hydroxyl groups excluding tert-OH is 1. The highest BCUT2D eigenvalue weighted by atomic mass is 32.1. The monoisotopic (exact) mass is 280 g/mol. The molecule has 1 aromatic heterocycles. The summed E-state index contributed by atoms with van der Waals surface area (Å²) in [5.74, 6) is 5.62. The zero-order valence-electron chi connectivity index (χ0n) is 11.6. The predicted molar refractivity (Wildman–Crippen MR) is 77.8 cm³/mol. The average molecular weight is 280 g/mol. The van der Waals surface area contributed by atoms with Crippen molar-refractivity contribution >= 4 is 17.2 Å². The van der Waals surface area contributed by atoms with Crippen LogP contribution in [0.1, 0.15) is 17.4 Å². The molecule has 104 valence electrons. The van der Waals surface area contributed by atoms with Gasteiger partial charge in [-0.25, -0.2) is 0 Å². The molecule has 0 fully saturated rings. The van der Waals surface area contributed by atoms with Crippen molar-refractivity contribution < 1.29 is 9.90 Å². The molecule has 1 atom stereocenters. The smallest absolute Gasteiger partial charge is 0.223 e. The van der Waals surface area contributed by atoms with E-state index in [9.17, 15) is 4.79 Å². The second-order valence-corrected chi connectivity index (χ2v) is 5.43. The Hall–Kier alpha value is -1.35. The van der Waals surface area contributed by atoms with Crippen molar-refractivity contribution in [2.45, 2.75) is 13.5 Å². The van der Waals surface area contributed by atoms with Crippen LogP contribution in [0.4, 0.5) is 0 Å². The van der Waals surface area contributed by atoms with Crippen LogP contribution in [0.3, 0.4) is 0 Å². The number of hydrogen-bond acceptors (Lipinski definition) is 4. The summed E-state index contributed by atoms with van der Waals surface area (Å²) in [4.78, 5) is 14.7. The van der Waals surface area contributed by atoms with E-state index in [0.717, 1.165) is 17.0 Å². The van der Waals surface area contributed by atoms with E-state index in [0.29, 0.717) is 6.54 Å². The normalized spacial score (nSPS) is 11.8. The van der Waals surface area contributed by atoms with Gasteiger partial charge in [-0.05, 0) is 18.5 Å². The van der Waals surface area contributed by atoms with Crippen molar-refractivity contribution in [2.75, 3.05) is 27.2 Å². The third-order valence-corrected chi connectivity index (χ3v) is 3.65. The minimum Gasteiger partial charge on any atom is -0.384 e. The highest BCUT2D eigenvalue weighted by molar-refractivity contribution is 7.10. The van der Waals surface area contributed by atoms with Crippen molar-refractivity contribution in [3.63, 3.8) is 0 Å². The van der Waals surface area contributed by atoms with Crippen LogP contribution >= 0.6 is 11.3 Å². The number of thiophene rings is 1. The van der Waals surface area contributed by atoms with Crippen LogP contribution in [0, 0.1) is 17.8 Å². The van der Waals surface area contributed by atoms with Gasteiger partial charge in [0.15, 0.2) is 0 Å². The van der Waals surface area contributed by atoms with Gasteiger partial charge in [0.2, 0.25) is 5.91 Å². The number of aliphatic hydroxyl groups is 1. The zero-order chi connectivity index (χ0) is 14.3. The first-order valence-electron chi connectivity index (χ1n) is 6.14. The van der Waals surface area contributed by atoms with E-state index in [1.165, 1.54) is 0 Å². The average Bonchev–Trinajstić information content (AvgIpc) is 2.82. The van der Waals surface area contributed by atoms with Crippen LogP contribution in [0.15, 0.2) is 11.4 Å². The molecule has 1 rings (SSSR count). The number of amides is 1. The Morgan fingerprint density at radius 1 is 1.63 bits per heavy atom. The molecule has 0 saturated heterocycles. The summed E-state index contributed by atoms with van der Waals surface area (Å²) in [6.45, 7) is 3.24. The van der Waals surface area contributed by atoms with Crippen LogP contribution in [0.2, 0.25) is 0 Å². The molecular weight excluding hydrogens is 260 g/mol. The molecule has 5 heteroatoms. The molecule has 19 heavy (non-hydrogen) atoms. The van der Waals surface area contributed by atoms with Crippen LogP contribution in [0.25, 0.3) is 0 Å². The van der Waals surface area contributed by atoms with E-state index in [4.69, 9.17) is 5.11 Å². The summed E-state index contributed by atoms with van der Waals surface area (Å²) in [5, 5.41) is 13.4.